The van der Waals surface area contributed by atoms with Gasteiger partial charge in [0.05, 0.1) is 6.54 Å². The van der Waals surface area contributed by atoms with Crippen LogP contribution in [0.15, 0.2) is 23.1 Å². The van der Waals surface area contributed by atoms with E-state index < -0.39 is 70.4 Å². The topological polar surface area (TPSA) is 101 Å². The lowest BCUT2D eigenvalue weighted by molar-refractivity contribution is 0.0491. The predicted molar refractivity (Wildman–Crippen MR) is 124 cm³/mol. The molecule has 2 aromatic rings. The molecule has 196 valence electrons. The van der Waals surface area contributed by atoms with Gasteiger partial charge >= 0.3 is 0 Å². The van der Waals surface area contributed by atoms with Gasteiger partial charge in [0.25, 0.3) is 18.2 Å². The lowest BCUT2D eigenvalue weighted by Gasteiger charge is -2.30. The Labute approximate surface area is 209 Å². The molecule has 0 atom stereocenters. The van der Waals surface area contributed by atoms with Crippen LogP contribution in [-0.2, 0) is 17.8 Å². The van der Waals surface area contributed by atoms with Crippen molar-refractivity contribution in [2.24, 2.45) is 0 Å². The fourth-order valence-corrected chi connectivity index (χ4v) is 3.19. The first-order chi connectivity index (χ1) is 17.0. The molecular weight excluding hydrogens is 510 g/mol. The average Bonchev–Trinajstić information content (AvgIpc) is 2.86. The van der Waals surface area contributed by atoms with E-state index in [1.807, 2.05) is 6.92 Å². The number of fused-ring (bicyclic) bond motifs is 1. The van der Waals surface area contributed by atoms with Crippen molar-refractivity contribution in [3.05, 3.63) is 62.0 Å². The summed E-state index contributed by atoms with van der Waals surface area (Å²) in [5, 5.41) is 11.6. The molecule has 8 nitrogen and oxygen atoms in total. The highest BCUT2D eigenvalue weighted by Crippen LogP contribution is 2.23. The molecule has 0 radical (unpaired) electrons. The summed E-state index contributed by atoms with van der Waals surface area (Å²) in [5.74, 6) is -5.07. The Kier molecular flexibility index (Phi) is 11.9. The van der Waals surface area contributed by atoms with E-state index in [0.29, 0.717) is 0 Å². The number of nitrogens with one attached hydrogen (secondary N) is 1. The minimum Gasteiger partial charge on any atom is -0.503 e. The van der Waals surface area contributed by atoms with Crippen LogP contribution < -0.4 is 10.7 Å². The second-order valence-corrected chi connectivity index (χ2v) is 7.38. The van der Waals surface area contributed by atoms with Gasteiger partial charge in [-0.25, -0.2) is 17.6 Å². The molecule has 1 aliphatic rings. The number of alkyl halides is 2. The molecule has 2 N–H and O–H groups in total. The minimum atomic E-state index is -2.79. The average molecular weight is 534 g/mol. The maximum atomic E-state index is 13.9. The van der Waals surface area contributed by atoms with E-state index in [1.54, 1.807) is 7.11 Å². The Morgan fingerprint density at radius 1 is 1.25 bits per heavy atom. The Hall–Kier alpha value is -3.56. The third-order valence-corrected chi connectivity index (χ3v) is 5.15. The van der Waals surface area contributed by atoms with Crippen molar-refractivity contribution in [3.63, 3.8) is 0 Å². The number of carbonyl (C=O) groups excluding carboxylic acids is 2. The molecule has 0 saturated carbocycles. The standard InChI is InChI=1S/C18H14ClF4N3O4.C3H8O.C2H2/c19-12-10(20)2-1-8(13(12)23)5-24-17(29)9-6-25-3-4-26(7-11(21)22)18(30)14(25)16(28)15(9)27;1-3-4-2;1-2/h1-2,6,11,28H,3-5,7H2,(H,24,29);3H2,1-2H3;1-2H. The Morgan fingerprint density at radius 2 is 1.86 bits per heavy atom. The molecule has 0 unspecified atom stereocenters. The number of carbonyl (C=O) groups is 2. The number of hydrogen-bond acceptors (Lipinski definition) is 5. The zero-order valence-corrected chi connectivity index (χ0v) is 20.1. The van der Waals surface area contributed by atoms with Crippen LogP contribution in [0.1, 0.15) is 33.3 Å². The summed E-state index contributed by atoms with van der Waals surface area (Å²) in [6.45, 7) is 1.33. The quantitative estimate of drug-likeness (QED) is 0.338. The van der Waals surface area contributed by atoms with E-state index >= 15 is 0 Å². The largest absolute Gasteiger partial charge is 0.503 e. The second kappa shape index (κ2) is 14.1. The van der Waals surface area contributed by atoms with Crippen LogP contribution in [-0.4, -0.2) is 59.6 Å². The molecule has 2 amide bonds. The van der Waals surface area contributed by atoms with Gasteiger partial charge in [-0.1, -0.05) is 17.7 Å². The van der Waals surface area contributed by atoms with Gasteiger partial charge in [-0.2, -0.15) is 0 Å². The maximum Gasteiger partial charge on any atom is 0.274 e. The third-order valence-electron chi connectivity index (χ3n) is 4.80. The first-order valence-electron chi connectivity index (χ1n) is 10.3. The number of nitrogens with zero attached hydrogens (tertiary/aromatic N) is 2. The van der Waals surface area contributed by atoms with Crippen molar-refractivity contribution < 1.29 is 37.0 Å². The van der Waals surface area contributed by atoms with Crippen LogP contribution in [0.2, 0.25) is 5.02 Å². The number of pyridine rings is 1. The zero-order chi connectivity index (χ0) is 27.6. The summed E-state index contributed by atoms with van der Waals surface area (Å²) in [7, 11) is 1.68. The second-order valence-electron chi connectivity index (χ2n) is 7.00. The highest BCUT2D eigenvalue weighted by molar-refractivity contribution is 6.30. The van der Waals surface area contributed by atoms with E-state index in [0.717, 1.165) is 34.4 Å². The normalized spacial score (nSPS) is 12.2. The molecule has 3 rings (SSSR count). The molecular formula is C23H24ClF4N3O5. The van der Waals surface area contributed by atoms with Crippen LogP contribution in [0.3, 0.4) is 0 Å². The Balaban J connectivity index is 0.000000982. The van der Waals surface area contributed by atoms with Crippen molar-refractivity contribution in [2.75, 3.05) is 26.8 Å². The lowest BCUT2D eigenvalue weighted by Crippen LogP contribution is -2.44. The smallest absolute Gasteiger partial charge is 0.274 e. The van der Waals surface area contributed by atoms with Gasteiger partial charge in [-0.15, -0.1) is 12.8 Å². The van der Waals surface area contributed by atoms with Crippen LogP contribution in [0.25, 0.3) is 0 Å². The highest BCUT2D eigenvalue weighted by atomic mass is 35.5. The van der Waals surface area contributed by atoms with Crippen molar-refractivity contribution in [2.45, 2.75) is 26.4 Å². The molecule has 0 fully saturated rings. The predicted octanol–water partition coefficient (Wildman–Crippen LogP) is 3.04. The van der Waals surface area contributed by atoms with Crippen molar-refractivity contribution >= 4 is 23.4 Å². The maximum absolute atomic E-state index is 13.9. The molecule has 2 heterocycles. The van der Waals surface area contributed by atoms with Gasteiger partial charge in [0.15, 0.2) is 11.4 Å². The summed E-state index contributed by atoms with van der Waals surface area (Å²) >= 11 is 5.47. The number of methoxy groups -OCH3 is 1. The summed E-state index contributed by atoms with van der Waals surface area (Å²) in [6.07, 6.45) is 6.22. The van der Waals surface area contributed by atoms with Crippen LogP contribution in [0.5, 0.6) is 5.75 Å². The molecule has 13 heteroatoms. The van der Waals surface area contributed by atoms with Crippen LogP contribution >= 0.6 is 11.6 Å². The number of aromatic hydroxyl groups is 1. The monoisotopic (exact) mass is 533 g/mol. The SMILES string of the molecule is C#C.CCOC.O=C(NCc1ccc(F)c(Cl)c1F)c1cn2c(c(O)c1=O)C(=O)N(CC(F)F)CC2. The summed E-state index contributed by atoms with van der Waals surface area (Å²) in [4.78, 5) is 37.8. The van der Waals surface area contributed by atoms with Gasteiger partial charge in [0.1, 0.15) is 22.2 Å². The van der Waals surface area contributed by atoms with Gasteiger partial charge < -0.3 is 24.6 Å². The number of amides is 2. The van der Waals surface area contributed by atoms with E-state index in [9.17, 15) is 37.1 Å². The fraction of sp³-hybridized carbons (Fsp3) is 0.348. The van der Waals surface area contributed by atoms with Crippen molar-refractivity contribution in [3.8, 4) is 18.6 Å². The number of aromatic nitrogens is 1. The molecule has 0 spiro atoms. The van der Waals surface area contributed by atoms with E-state index in [4.69, 9.17) is 11.6 Å². The summed E-state index contributed by atoms with van der Waals surface area (Å²) in [6, 6.07) is 1.97. The van der Waals surface area contributed by atoms with Crippen LogP contribution in [0.4, 0.5) is 17.6 Å². The first kappa shape index (κ1) is 30.5. The molecule has 0 bridgehead atoms. The number of ether oxygens (including phenoxy) is 1. The van der Waals surface area contributed by atoms with E-state index in [-0.39, 0.29) is 18.7 Å². The molecule has 1 aliphatic heterocycles. The highest BCUT2D eigenvalue weighted by Gasteiger charge is 2.32. The number of terminal acetylenes is 1. The van der Waals surface area contributed by atoms with Crippen LogP contribution in [0, 0.1) is 24.5 Å². The first-order valence-corrected chi connectivity index (χ1v) is 10.7. The van der Waals surface area contributed by atoms with Gasteiger partial charge in [0, 0.05) is 45.1 Å². The van der Waals surface area contributed by atoms with Crippen molar-refractivity contribution in [1.29, 1.82) is 0 Å². The number of halogens is 5. The van der Waals surface area contributed by atoms with Gasteiger partial charge in [0.2, 0.25) is 5.43 Å². The molecule has 1 aromatic carbocycles. The minimum absolute atomic E-state index is 0.0376. The summed E-state index contributed by atoms with van der Waals surface area (Å²) < 4.78 is 58.0. The molecule has 36 heavy (non-hydrogen) atoms. The molecule has 0 saturated heterocycles. The third kappa shape index (κ3) is 7.22. The lowest BCUT2D eigenvalue weighted by atomic mass is 10.1. The van der Waals surface area contributed by atoms with E-state index in [2.05, 4.69) is 22.9 Å². The fourth-order valence-electron chi connectivity index (χ4n) is 3.01. The van der Waals surface area contributed by atoms with Gasteiger partial charge in [-0.3, -0.25) is 14.4 Å². The number of hydrogen-bond donors (Lipinski definition) is 2. The van der Waals surface area contributed by atoms with Gasteiger partial charge in [-0.05, 0) is 13.0 Å². The Morgan fingerprint density at radius 3 is 2.42 bits per heavy atom. The summed E-state index contributed by atoms with van der Waals surface area (Å²) in [5.41, 5.74) is -2.38. The molecule has 1 aromatic heterocycles. The number of rotatable bonds is 6. The molecule has 0 aliphatic carbocycles. The zero-order valence-electron chi connectivity index (χ0n) is 19.4. The Bertz CT molecular complexity index is 1170. The van der Waals surface area contributed by atoms with E-state index in [1.165, 1.54) is 0 Å². The van der Waals surface area contributed by atoms with Crippen molar-refractivity contribution in [1.82, 2.24) is 14.8 Å². The number of benzene rings is 1.